The fourth-order valence-electron chi connectivity index (χ4n) is 1.56. The van der Waals surface area contributed by atoms with Gasteiger partial charge in [0, 0.05) is 11.6 Å². The van der Waals surface area contributed by atoms with Gasteiger partial charge < -0.3 is 10.5 Å². The highest BCUT2D eigenvalue weighted by Gasteiger charge is 2.18. The summed E-state index contributed by atoms with van der Waals surface area (Å²) >= 11 is 5.36. The lowest BCUT2D eigenvalue weighted by Gasteiger charge is -2.26. The molecule has 0 aromatic rings. The highest BCUT2D eigenvalue weighted by molar-refractivity contribution is 6.25. The fourth-order valence-corrected chi connectivity index (χ4v) is 1.63. The van der Waals surface area contributed by atoms with Crippen molar-refractivity contribution in [3.05, 3.63) is 11.6 Å². The monoisotopic (exact) mass is 189 g/mol. The van der Waals surface area contributed by atoms with Gasteiger partial charge in [0.2, 0.25) is 0 Å². The Balaban J connectivity index is 2.14. The molecule has 2 N–H and O–H groups in total. The zero-order valence-corrected chi connectivity index (χ0v) is 7.96. The molecule has 70 valence electrons. The molecule has 0 amide bonds. The zero-order valence-electron chi connectivity index (χ0n) is 7.21. The first-order valence-corrected chi connectivity index (χ1v) is 4.89. The van der Waals surface area contributed by atoms with E-state index in [0.29, 0.717) is 18.8 Å². The molecule has 1 aliphatic rings. The standard InChI is InChI=1S/C9H16ClNO/c10-5-2-6-12-9-4-1-3-8(11)7-9/h2,5,8-9H,1,3-4,6-7,11H2/b5-2+. The smallest absolute Gasteiger partial charge is 0.0662 e. The second kappa shape index (κ2) is 5.57. The lowest BCUT2D eigenvalue weighted by molar-refractivity contribution is 0.0411. The van der Waals surface area contributed by atoms with Crippen molar-refractivity contribution < 1.29 is 4.74 Å². The molecule has 0 radical (unpaired) electrons. The molecule has 0 saturated heterocycles. The summed E-state index contributed by atoms with van der Waals surface area (Å²) in [7, 11) is 0. The van der Waals surface area contributed by atoms with Crippen molar-refractivity contribution in [2.24, 2.45) is 5.73 Å². The number of halogens is 1. The maximum absolute atomic E-state index is 5.81. The molecular formula is C9H16ClNO. The van der Waals surface area contributed by atoms with Gasteiger partial charge in [0.25, 0.3) is 0 Å². The Morgan fingerprint density at radius 1 is 1.50 bits per heavy atom. The molecular weight excluding hydrogens is 174 g/mol. The summed E-state index contributed by atoms with van der Waals surface area (Å²) in [5, 5.41) is 0. The van der Waals surface area contributed by atoms with Gasteiger partial charge in [0.05, 0.1) is 12.7 Å². The number of hydrogen-bond acceptors (Lipinski definition) is 2. The largest absolute Gasteiger partial charge is 0.374 e. The van der Waals surface area contributed by atoms with Crippen LogP contribution in [0.2, 0.25) is 0 Å². The molecule has 0 heterocycles. The normalized spacial score (nSPS) is 31.2. The second-order valence-electron chi connectivity index (χ2n) is 3.24. The summed E-state index contributed by atoms with van der Waals surface area (Å²) in [6.45, 7) is 0.612. The number of ether oxygens (including phenoxy) is 1. The minimum absolute atomic E-state index is 0.337. The Kier molecular flexibility index (Phi) is 4.66. The van der Waals surface area contributed by atoms with E-state index in [-0.39, 0.29) is 0 Å². The molecule has 1 fully saturated rings. The van der Waals surface area contributed by atoms with E-state index in [2.05, 4.69) is 0 Å². The molecule has 0 aromatic carbocycles. The molecule has 2 atom stereocenters. The Bertz CT molecular complexity index is 149. The van der Waals surface area contributed by atoms with Gasteiger partial charge in [0.1, 0.15) is 0 Å². The quantitative estimate of drug-likeness (QED) is 0.738. The second-order valence-corrected chi connectivity index (χ2v) is 3.50. The van der Waals surface area contributed by atoms with Gasteiger partial charge in [-0.05, 0) is 31.8 Å². The summed E-state index contributed by atoms with van der Waals surface area (Å²) < 4.78 is 5.54. The van der Waals surface area contributed by atoms with Crippen LogP contribution >= 0.6 is 11.6 Å². The van der Waals surface area contributed by atoms with Crippen LogP contribution in [0.1, 0.15) is 25.7 Å². The van der Waals surface area contributed by atoms with E-state index in [0.717, 1.165) is 19.3 Å². The summed E-state index contributed by atoms with van der Waals surface area (Å²) in [4.78, 5) is 0. The van der Waals surface area contributed by atoms with Crippen LogP contribution in [-0.2, 0) is 4.74 Å². The van der Waals surface area contributed by atoms with E-state index in [1.807, 2.05) is 6.08 Å². The Morgan fingerprint density at radius 3 is 3.00 bits per heavy atom. The van der Waals surface area contributed by atoms with Crippen LogP contribution in [0.15, 0.2) is 11.6 Å². The molecule has 3 heteroatoms. The molecule has 1 saturated carbocycles. The van der Waals surface area contributed by atoms with Crippen molar-refractivity contribution in [3.63, 3.8) is 0 Å². The molecule has 2 nitrogen and oxygen atoms in total. The summed E-state index contributed by atoms with van der Waals surface area (Å²) in [5.41, 5.74) is 7.29. The molecule has 0 bridgehead atoms. The van der Waals surface area contributed by atoms with Gasteiger partial charge in [-0.3, -0.25) is 0 Å². The molecule has 1 rings (SSSR count). The molecule has 2 unspecified atom stereocenters. The summed E-state index contributed by atoms with van der Waals surface area (Å²) in [6.07, 6.45) is 6.63. The lowest BCUT2D eigenvalue weighted by atomic mass is 9.94. The molecule has 12 heavy (non-hydrogen) atoms. The minimum Gasteiger partial charge on any atom is -0.374 e. The molecule has 0 aromatic heterocycles. The topological polar surface area (TPSA) is 35.2 Å². The fraction of sp³-hybridized carbons (Fsp3) is 0.778. The van der Waals surface area contributed by atoms with Crippen molar-refractivity contribution in [1.82, 2.24) is 0 Å². The van der Waals surface area contributed by atoms with Gasteiger partial charge in [0.15, 0.2) is 0 Å². The molecule has 0 aliphatic heterocycles. The van der Waals surface area contributed by atoms with E-state index >= 15 is 0 Å². The summed E-state index contributed by atoms with van der Waals surface area (Å²) in [5.74, 6) is 0. The highest BCUT2D eigenvalue weighted by atomic mass is 35.5. The van der Waals surface area contributed by atoms with Crippen LogP contribution in [0, 0.1) is 0 Å². The highest BCUT2D eigenvalue weighted by Crippen LogP contribution is 2.19. The average Bonchev–Trinajstić information content (AvgIpc) is 2.05. The number of nitrogens with two attached hydrogens (primary N) is 1. The average molecular weight is 190 g/mol. The van der Waals surface area contributed by atoms with Crippen LogP contribution in [-0.4, -0.2) is 18.8 Å². The third-order valence-electron chi connectivity index (χ3n) is 2.18. The molecule has 1 aliphatic carbocycles. The van der Waals surface area contributed by atoms with Crippen LogP contribution in [0.4, 0.5) is 0 Å². The van der Waals surface area contributed by atoms with Gasteiger partial charge in [-0.15, -0.1) is 0 Å². The maximum atomic E-state index is 5.81. The van der Waals surface area contributed by atoms with Crippen LogP contribution < -0.4 is 5.73 Å². The minimum atomic E-state index is 0.337. The predicted molar refractivity (Wildman–Crippen MR) is 51.2 cm³/mol. The van der Waals surface area contributed by atoms with Crippen molar-refractivity contribution in [2.45, 2.75) is 37.8 Å². The van der Waals surface area contributed by atoms with E-state index in [4.69, 9.17) is 22.1 Å². The van der Waals surface area contributed by atoms with Crippen LogP contribution in [0.25, 0.3) is 0 Å². The van der Waals surface area contributed by atoms with E-state index < -0.39 is 0 Å². The van der Waals surface area contributed by atoms with E-state index in [1.54, 1.807) is 0 Å². The first-order chi connectivity index (χ1) is 5.83. The lowest BCUT2D eigenvalue weighted by Crippen LogP contribution is -2.32. The van der Waals surface area contributed by atoms with Gasteiger partial charge in [-0.25, -0.2) is 0 Å². The van der Waals surface area contributed by atoms with E-state index in [9.17, 15) is 0 Å². The van der Waals surface area contributed by atoms with Crippen LogP contribution in [0.3, 0.4) is 0 Å². The van der Waals surface area contributed by atoms with Crippen molar-refractivity contribution in [2.75, 3.05) is 6.61 Å². The first-order valence-electron chi connectivity index (χ1n) is 4.45. The SMILES string of the molecule is NC1CCCC(OC/C=C/Cl)C1. The maximum Gasteiger partial charge on any atom is 0.0662 e. The predicted octanol–water partition coefficient (Wildman–Crippen LogP) is 2.03. The molecule has 0 spiro atoms. The first kappa shape index (κ1) is 10.0. The van der Waals surface area contributed by atoms with Crippen molar-refractivity contribution in [3.8, 4) is 0 Å². The Morgan fingerprint density at radius 2 is 2.33 bits per heavy atom. The van der Waals surface area contributed by atoms with Gasteiger partial charge in [-0.2, -0.15) is 0 Å². The Labute approximate surface area is 78.7 Å². The van der Waals surface area contributed by atoms with Gasteiger partial charge >= 0.3 is 0 Å². The van der Waals surface area contributed by atoms with E-state index in [1.165, 1.54) is 12.0 Å². The number of rotatable bonds is 3. The van der Waals surface area contributed by atoms with Gasteiger partial charge in [-0.1, -0.05) is 11.6 Å². The number of hydrogen-bond donors (Lipinski definition) is 1. The summed E-state index contributed by atoms with van der Waals surface area (Å²) in [6, 6.07) is 0.337. The third-order valence-corrected chi connectivity index (χ3v) is 2.36. The van der Waals surface area contributed by atoms with Crippen molar-refractivity contribution >= 4 is 11.6 Å². The zero-order chi connectivity index (χ0) is 8.81. The van der Waals surface area contributed by atoms with Crippen molar-refractivity contribution in [1.29, 1.82) is 0 Å². The van der Waals surface area contributed by atoms with Crippen LogP contribution in [0.5, 0.6) is 0 Å². The Hall–Kier alpha value is -0.0500. The third kappa shape index (κ3) is 3.57.